The molecule has 0 fully saturated rings. The molecule has 2 N–H and O–H groups in total. The lowest BCUT2D eigenvalue weighted by atomic mass is 9.97. The van der Waals surface area contributed by atoms with Crippen LogP contribution in [0, 0.1) is 5.41 Å². The van der Waals surface area contributed by atoms with Crippen LogP contribution in [0.3, 0.4) is 0 Å². The quantitative estimate of drug-likeness (QED) is 0.418. The van der Waals surface area contributed by atoms with Crippen LogP contribution in [0.25, 0.3) is 0 Å². The first-order valence-electron chi connectivity index (χ1n) is 10.1. The lowest BCUT2D eigenvalue weighted by Gasteiger charge is -2.27. The molecule has 0 aliphatic heterocycles. The van der Waals surface area contributed by atoms with Crippen LogP contribution in [0.1, 0.15) is 59.9 Å². The predicted molar refractivity (Wildman–Crippen MR) is 117 cm³/mol. The van der Waals surface area contributed by atoms with Crippen molar-refractivity contribution in [2.24, 2.45) is 5.41 Å². The minimum atomic E-state index is -1.34. The van der Waals surface area contributed by atoms with Crippen molar-refractivity contribution in [3.63, 3.8) is 0 Å². The van der Waals surface area contributed by atoms with Crippen molar-refractivity contribution in [2.75, 3.05) is 13.2 Å². The first-order valence-corrected chi connectivity index (χ1v) is 11.2. The van der Waals surface area contributed by atoms with Gasteiger partial charge in [0.05, 0.1) is 53.1 Å². The normalized spacial score (nSPS) is 15.6. The minimum absolute atomic E-state index is 0.222. The average Bonchev–Trinajstić information content (AvgIpc) is 2.63. The van der Waals surface area contributed by atoms with Gasteiger partial charge in [-0.2, -0.15) is 0 Å². The number of aliphatic hydroxyl groups excluding tert-OH is 1. The molecule has 166 valence electrons. The van der Waals surface area contributed by atoms with Crippen molar-refractivity contribution in [1.82, 2.24) is 4.72 Å². The molecule has 0 radical (unpaired) electrons. The highest BCUT2D eigenvalue weighted by atomic mass is 32.2. The Bertz CT molecular complexity index is 637. The van der Waals surface area contributed by atoms with Crippen molar-refractivity contribution < 1.29 is 23.6 Å². The van der Waals surface area contributed by atoms with Crippen LogP contribution in [0.15, 0.2) is 30.3 Å². The second-order valence-electron chi connectivity index (χ2n) is 9.20. The molecule has 0 amide bonds. The Hall–Kier alpha value is -1.28. The van der Waals surface area contributed by atoms with Crippen LogP contribution in [-0.2, 0) is 31.9 Å². The maximum absolute atomic E-state index is 12.5. The minimum Gasteiger partial charge on any atom is -0.465 e. The van der Waals surface area contributed by atoms with E-state index in [1.165, 1.54) is 0 Å². The van der Waals surface area contributed by atoms with Gasteiger partial charge in [0.1, 0.15) is 0 Å². The smallest absolute Gasteiger partial charge is 0.311 e. The molecule has 0 saturated heterocycles. The molecule has 0 spiro atoms. The number of benzene rings is 1. The highest BCUT2D eigenvalue weighted by Crippen LogP contribution is 2.16. The molecule has 0 heterocycles. The fourth-order valence-electron chi connectivity index (χ4n) is 2.29. The van der Waals surface area contributed by atoms with E-state index in [4.69, 9.17) is 9.47 Å². The largest absolute Gasteiger partial charge is 0.465 e. The maximum Gasteiger partial charge on any atom is 0.311 e. The van der Waals surface area contributed by atoms with Gasteiger partial charge in [-0.15, -0.1) is 0 Å². The van der Waals surface area contributed by atoms with Crippen LogP contribution in [0.5, 0.6) is 0 Å². The van der Waals surface area contributed by atoms with E-state index in [0.717, 1.165) is 5.56 Å². The summed E-state index contributed by atoms with van der Waals surface area (Å²) in [6, 6.07) is 9.27. The standard InChI is InChI=1S/C22H37NO5S/c1-21(2,3)20(25)28-14-10-13-19(24)18(23-29(26)22(4,5)6)16-27-15-17-11-8-7-9-12-17/h7-9,11-12,18-19,23-24H,10,13-16H2,1-6H3/t18-,19+,29+/m1/s1. The summed E-state index contributed by atoms with van der Waals surface area (Å²) in [5, 5.41) is 10.6. The molecule has 0 saturated carbocycles. The van der Waals surface area contributed by atoms with Gasteiger partial charge >= 0.3 is 5.97 Å². The van der Waals surface area contributed by atoms with E-state index in [-0.39, 0.29) is 19.2 Å². The zero-order chi connectivity index (χ0) is 22.1. The number of hydrogen-bond acceptors (Lipinski definition) is 5. The SMILES string of the molecule is CC(C)(C)C(=O)OCCC[C@H](O)[C@@H](COCc1ccccc1)N[S@@](=O)C(C)(C)C. The van der Waals surface area contributed by atoms with E-state index in [1.807, 2.05) is 51.1 Å². The number of ether oxygens (including phenoxy) is 2. The third-order valence-corrected chi connectivity index (χ3v) is 5.81. The van der Waals surface area contributed by atoms with E-state index in [2.05, 4.69) is 4.72 Å². The summed E-state index contributed by atoms with van der Waals surface area (Å²) in [5.74, 6) is -0.262. The lowest BCUT2D eigenvalue weighted by molar-refractivity contribution is -0.153. The Morgan fingerprint density at radius 3 is 2.31 bits per heavy atom. The number of hydrogen-bond donors (Lipinski definition) is 2. The van der Waals surface area contributed by atoms with Gasteiger partial charge in [0, 0.05) is 0 Å². The molecule has 0 aliphatic rings. The van der Waals surface area contributed by atoms with Crippen LogP contribution < -0.4 is 4.72 Å². The number of esters is 1. The van der Waals surface area contributed by atoms with Gasteiger partial charge < -0.3 is 14.6 Å². The molecular weight excluding hydrogens is 390 g/mol. The van der Waals surface area contributed by atoms with E-state index in [0.29, 0.717) is 19.4 Å². The van der Waals surface area contributed by atoms with Crippen LogP contribution in [-0.4, -0.2) is 45.4 Å². The molecule has 1 rings (SSSR count). The van der Waals surface area contributed by atoms with E-state index < -0.39 is 33.3 Å². The first kappa shape index (κ1) is 25.8. The van der Waals surface area contributed by atoms with Crippen molar-refractivity contribution >= 4 is 17.0 Å². The second kappa shape index (κ2) is 11.8. The molecule has 0 unspecified atom stereocenters. The summed E-state index contributed by atoms with van der Waals surface area (Å²) >= 11 is 0. The third kappa shape index (κ3) is 10.3. The summed E-state index contributed by atoms with van der Waals surface area (Å²) in [6.07, 6.45) is 0.151. The Labute approximate surface area is 178 Å². The van der Waals surface area contributed by atoms with Gasteiger partial charge in [0.2, 0.25) is 0 Å². The van der Waals surface area contributed by atoms with E-state index in [9.17, 15) is 14.1 Å². The fraction of sp³-hybridized carbons (Fsp3) is 0.682. The summed E-state index contributed by atoms with van der Waals surface area (Å²) in [7, 11) is -1.34. The number of carbonyl (C=O) groups excluding carboxylic acids is 1. The number of nitrogens with one attached hydrogen (secondary N) is 1. The third-order valence-electron chi connectivity index (χ3n) is 4.18. The summed E-state index contributed by atoms with van der Waals surface area (Å²) in [6.45, 7) is 11.9. The Kier molecular flexibility index (Phi) is 10.5. The average molecular weight is 428 g/mol. The van der Waals surface area contributed by atoms with Gasteiger partial charge in [-0.3, -0.25) is 4.79 Å². The summed E-state index contributed by atoms with van der Waals surface area (Å²) in [5.41, 5.74) is 0.490. The van der Waals surface area contributed by atoms with E-state index >= 15 is 0 Å². The molecule has 0 aromatic heterocycles. The van der Waals surface area contributed by atoms with Gasteiger partial charge in [0.15, 0.2) is 0 Å². The van der Waals surface area contributed by atoms with Crippen LogP contribution >= 0.6 is 0 Å². The molecule has 1 aromatic rings. The molecule has 3 atom stereocenters. The van der Waals surface area contributed by atoms with Crippen molar-refractivity contribution in [3.05, 3.63) is 35.9 Å². The van der Waals surface area contributed by atoms with Gasteiger partial charge in [0.25, 0.3) is 0 Å². The fourth-order valence-corrected chi connectivity index (χ4v) is 3.14. The number of aliphatic hydroxyl groups is 1. The monoisotopic (exact) mass is 427 g/mol. The first-order chi connectivity index (χ1) is 13.4. The predicted octanol–water partition coefficient (Wildman–Crippen LogP) is 3.35. The lowest BCUT2D eigenvalue weighted by Crippen LogP contribution is -2.48. The zero-order valence-electron chi connectivity index (χ0n) is 18.6. The van der Waals surface area contributed by atoms with Gasteiger partial charge in [-0.25, -0.2) is 8.93 Å². The Balaban J connectivity index is 2.56. The number of rotatable bonds is 11. The van der Waals surface area contributed by atoms with Crippen molar-refractivity contribution in [2.45, 2.75) is 77.9 Å². The summed E-state index contributed by atoms with van der Waals surface area (Å²) in [4.78, 5) is 11.8. The molecule has 1 aromatic carbocycles. The molecule has 29 heavy (non-hydrogen) atoms. The Morgan fingerprint density at radius 1 is 1.14 bits per heavy atom. The van der Waals surface area contributed by atoms with Gasteiger partial charge in [-0.1, -0.05) is 30.3 Å². The molecule has 0 aliphatic carbocycles. The second-order valence-corrected chi connectivity index (χ2v) is 11.2. The Morgan fingerprint density at radius 2 is 1.76 bits per heavy atom. The zero-order valence-corrected chi connectivity index (χ0v) is 19.4. The molecule has 7 heteroatoms. The van der Waals surface area contributed by atoms with Crippen molar-refractivity contribution in [1.29, 1.82) is 0 Å². The molecule has 0 bridgehead atoms. The van der Waals surface area contributed by atoms with E-state index in [1.54, 1.807) is 20.8 Å². The number of carbonyl (C=O) groups is 1. The summed E-state index contributed by atoms with van der Waals surface area (Å²) < 4.78 is 26.1. The van der Waals surface area contributed by atoms with Gasteiger partial charge in [-0.05, 0) is 59.9 Å². The maximum atomic E-state index is 12.5. The van der Waals surface area contributed by atoms with Crippen LogP contribution in [0.2, 0.25) is 0 Å². The molecule has 6 nitrogen and oxygen atoms in total. The van der Waals surface area contributed by atoms with Crippen LogP contribution in [0.4, 0.5) is 0 Å². The topological polar surface area (TPSA) is 84.9 Å². The highest BCUT2D eigenvalue weighted by Gasteiger charge is 2.27. The highest BCUT2D eigenvalue weighted by molar-refractivity contribution is 7.84. The van der Waals surface area contributed by atoms with Crippen molar-refractivity contribution in [3.8, 4) is 0 Å². The molecular formula is C22H37NO5S.